The van der Waals surface area contributed by atoms with Crippen LogP contribution in [-0.2, 0) is 0 Å². The second-order valence-electron chi connectivity index (χ2n) is 3.65. The summed E-state index contributed by atoms with van der Waals surface area (Å²) in [5.74, 6) is 0.539. The molecule has 56 valence electrons. The number of hydrogen-bond acceptors (Lipinski definition) is 1. The third-order valence-corrected chi connectivity index (χ3v) is 2.56. The van der Waals surface area contributed by atoms with Crippen LogP contribution in [0, 0.1) is 11.3 Å². The molecule has 0 fully saturated rings. The SMILES string of the molecule is CC(C)C(C)(C)C(C)O. The van der Waals surface area contributed by atoms with Crippen LogP contribution in [0.2, 0.25) is 0 Å². The predicted molar refractivity (Wildman–Crippen MR) is 40.3 cm³/mol. The molecule has 0 aliphatic heterocycles. The molecule has 0 spiro atoms. The first kappa shape index (κ1) is 8.96. The molecule has 9 heavy (non-hydrogen) atoms. The van der Waals surface area contributed by atoms with Crippen molar-refractivity contribution < 1.29 is 5.11 Å². The second-order valence-corrected chi connectivity index (χ2v) is 3.65. The van der Waals surface area contributed by atoms with Crippen LogP contribution >= 0.6 is 0 Å². The van der Waals surface area contributed by atoms with Gasteiger partial charge in [0.05, 0.1) is 6.10 Å². The highest BCUT2D eigenvalue weighted by molar-refractivity contribution is 4.77. The molecule has 0 rings (SSSR count). The first-order chi connectivity index (χ1) is 3.89. The molecule has 0 aliphatic carbocycles. The molecule has 0 heterocycles. The van der Waals surface area contributed by atoms with Gasteiger partial charge in [-0.2, -0.15) is 0 Å². The van der Waals surface area contributed by atoms with Crippen LogP contribution < -0.4 is 0 Å². The maximum atomic E-state index is 9.25. The van der Waals surface area contributed by atoms with Gasteiger partial charge in [0.15, 0.2) is 0 Å². The zero-order valence-electron chi connectivity index (χ0n) is 7.10. The van der Waals surface area contributed by atoms with Crippen molar-refractivity contribution in [2.45, 2.75) is 40.7 Å². The van der Waals surface area contributed by atoms with E-state index in [0.717, 1.165) is 0 Å². The average Bonchev–Trinajstić information content (AvgIpc) is 1.65. The van der Waals surface area contributed by atoms with Gasteiger partial charge in [-0.25, -0.2) is 0 Å². The van der Waals surface area contributed by atoms with Gasteiger partial charge < -0.3 is 5.11 Å². The predicted octanol–water partition coefficient (Wildman–Crippen LogP) is 2.05. The highest BCUT2D eigenvalue weighted by Crippen LogP contribution is 2.29. The van der Waals surface area contributed by atoms with Gasteiger partial charge in [-0.05, 0) is 18.3 Å². The molecule has 0 aliphatic rings. The summed E-state index contributed by atoms with van der Waals surface area (Å²) in [5.41, 5.74) is 0.0556. The van der Waals surface area contributed by atoms with Crippen molar-refractivity contribution in [2.75, 3.05) is 0 Å². The van der Waals surface area contributed by atoms with E-state index in [2.05, 4.69) is 27.7 Å². The van der Waals surface area contributed by atoms with Crippen molar-refractivity contribution in [2.24, 2.45) is 11.3 Å². The summed E-state index contributed by atoms with van der Waals surface area (Å²) in [7, 11) is 0. The van der Waals surface area contributed by atoms with Crippen LogP contribution in [-0.4, -0.2) is 11.2 Å². The summed E-state index contributed by atoms with van der Waals surface area (Å²) in [6.07, 6.45) is -0.211. The van der Waals surface area contributed by atoms with E-state index in [-0.39, 0.29) is 11.5 Å². The van der Waals surface area contributed by atoms with Gasteiger partial charge in [0, 0.05) is 0 Å². The third kappa shape index (κ3) is 1.98. The van der Waals surface area contributed by atoms with Gasteiger partial charge in [-0.15, -0.1) is 0 Å². The molecule has 1 nitrogen and oxygen atoms in total. The monoisotopic (exact) mass is 130 g/mol. The van der Waals surface area contributed by atoms with Gasteiger partial charge in [-0.3, -0.25) is 0 Å². The molecule has 0 aromatic rings. The minimum Gasteiger partial charge on any atom is -0.393 e. The standard InChI is InChI=1S/C8H18O/c1-6(2)8(4,5)7(3)9/h6-7,9H,1-5H3. The Hall–Kier alpha value is -0.0400. The molecule has 0 radical (unpaired) electrons. The van der Waals surface area contributed by atoms with Gasteiger partial charge in [0.25, 0.3) is 0 Å². The van der Waals surface area contributed by atoms with Crippen LogP contribution in [0.15, 0.2) is 0 Å². The highest BCUT2D eigenvalue weighted by Gasteiger charge is 2.27. The molecule has 0 aromatic carbocycles. The summed E-state index contributed by atoms with van der Waals surface area (Å²) in [6, 6.07) is 0. The Morgan fingerprint density at radius 3 is 1.44 bits per heavy atom. The van der Waals surface area contributed by atoms with Crippen LogP contribution in [0.3, 0.4) is 0 Å². The molecule has 0 saturated carbocycles. The molecular formula is C8H18O. The fraction of sp³-hybridized carbons (Fsp3) is 1.00. The summed E-state index contributed by atoms with van der Waals surface area (Å²) in [6.45, 7) is 10.3. The Kier molecular flexibility index (Phi) is 2.68. The summed E-state index contributed by atoms with van der Waals surface area (Å²) >= 11 is 0. The summed E-state index contributed by atoms with van der Waals surface area (Å²) in [5, 5.41) is 9.25. The van der Waals surface area contributed by atoms with Crippen LogP contribution in [0.4, 0.5) is 0 Å². The minimum atomic E-state index is -0.211. The fourth-order valence-electron chi connectivity index (χ4n) is 0.482. The van der Waals surface area contributed by atoms with Crippen molar-refractivity contribution in [3.63, 3.8) is 0 Å². The first-order valence-corrected chi connectivity index (χ1v) is 3.57. The van der Waals surface area contributed by atoms with Crippen molar-refractivity contribution in [1.29, 1.82) is 0 Å². The van der Waals surface area contributed by atoms with Gasteiger partial charge in [0.1, 0.15) is 0 Å². The minimum absolute atomic E-state index is 0.0556. The Morgan fingerprint density at radius 2 is 1.44 bits per heavy atom. The number of aliphatic hydroxyl groups is 1. The van der Waals surface area contributed by atoms with Gasteiger partial charge >= 0.3 is 0 Å². The molecule has 1 N–H and O–H groups in total. The van der Waals surface area contributed by atoms with E-state index in [0.29, 0.717) is 5.92 Å². The largest absolute Gasteiger partial charge is 0.393 e. The molecule has 1 heteroatoms. The molecule has 0 saturated heterocycles. The van der Waals surface area contributed by atoms with E-state index in [9.17, 15) is 5.11 Å². The quantitative estimate of drug-likeness (QED) is 0.606. The highest BCUT2D eigenvalue weighted by atomic mass is 16.3. The Labute approximate surface area is 58.1 Å². The lowest BCUT2D eigenvalue weighted by Gasteiger charge is -2.32. The van der Waals surface area contributed by atoms with Crippen molar-refractivity contribution in [3.05, 3.63) is 0 Å². The van der Waals surface area contributed by atoms with Crippen LogP contribution in [0.1, 0.15) is 34.6 Å². The molecule has 1 atom stereocenters. The Bertz CT molecular complexity index is 72.6. The lowest BCUT2D eigenvalue weighted by Crippen LogP contribution is -2.31. The third-order valence-electron chi connectivity index (χ3n) is 2.56. The number of hydrogen-bond donors (Lipinski definition) is 1. The topological polar surface area (TPSA) is 20.2 Å². The first-order valence-electron chi connectivity index (χ1n) is 3.57. The van der Waals surface area contributed by atoms with Gasteiger partial charge in [-0.1, -0.05) is 27.7 Å². The normalized spacial score (nSPS) is 16.3. The molecule has 1 unspecified atom stereocenters. The average molecular weight is 130 g/mol. The molecule has 0 aromatic heterocycles. The lowest BCUT2D eigenvalue weighted by molar-refractivity contribution is 0.0316. The summed E-state index contributed by atoms with van der Waals surface area (Å²) in [4.78, 5) is 0. The van der Waals surface area contributed by atoms with Crippen LogP contribution in [0.5, 0.6) is 0 Å². The van der Waals surface area contributed by atoms with E-state index in [1.807, 2.05) is 6.92 Å². The van der Waals surface area contributed by atoms with Crippen molar-refractivity contribution in [1.82, 2.24) is 0 Å². The van der Waals surface area contributed by atoms with Crippen molar-refractivity contribution in [3.8, 4) is 0 Å². The van der Waals surface area contributed by atoms with Crippen molar-refractivity contribution >= 4 is 0 Å². The summed E-state index contributed by atoms with van der Waals surface area (Å²) < 4.78 is 0. The van der Waals surface area contributed by atoms with Crippen LogP contribution in [0.25, 0.3) is 0 Å². The smallest absolute Gasteiger partial charge is 0.0565 e. The fourth-order valence-corrected chi connectivity index (χ4v) is 0.482. The van der Waals surface area contributed by atoms with E-state index < -0.39 is 0 Å². The Morgan fingerprint density at radius 1 is 1.11 bits per heavy atom. The number of rotatable bonds is 2. The zero-order valence-corrected chi connectivity index (χ0v) is 7.10. The molecule has 0 bridgehead atoms. The second kappa shape index (κ2) is 2.70. The van der Waals surface area contributed by atoms with Gasteiger partial charge in [0.2, 0.25) is 0 Å². The van der Waals surface area contributed by atoms with E-state index in [4.69, 9.17) is 0 Å². The maximum Gasteiger partial charge on any atom is 0.0565 e. The maximum absolute atomic E-state index is 9.25. The molecular weight excluding hydrogens is 112 g/mol. The lowest BCUT2D eigenvalue weighted by atomic mass is 9.77. The molecule has 0 amide bonds. The number of aliphatic hydroxyl groups excluding tert-OH is 1. The zero-order chi connectivity index (χ0) is 7.65. The van der Waals surface area contributed by atoms with E-state index in [1.165, 1.54) is 0 Å². The van der Waals surface area contributed by atoms with E-state index in [1.54, 1.807) is 0 Å². The Balaban J connectivity index is 4.01. The van der Waals surface area contributed by atoms with E-state index >= 15 is 0 Å².